The van der Waals surface area contributed by atoms with Crippen molar-refractivity contribution in [2.24, 2.45) is 0 Å². The molecular formula is C17H32O6. The first-order valence-electron chi connectivity index (χ1n) is 8.88. The van der Waals surface area contributed by atoms with E-state index in [2.05, 4.69) is 6.92 Å². The third-order valence-electron chi connectivity index (χ3n) is 4.25. The van der Waals surface area contributed by atoms with Gasteiger partial charge >= 0.3 is 5.97 Å². The van der Waals surface area contributed by atoms with Crippen LogP contribution in [0.5, 0.6) is 0 Å². The lowest BCUT2D eigenvalue weighted by molar-refractivity contribution is -0.153. The van der Waals surface area contributed by atoms with E-state index in [4.69, 9.17) is 14.6 Å². The highest BCUT2D eigenvalue weighted by molar-refractivity contribution is 5.69. The summed E-state index contributed by atoms with van der Waals surface area (Å²) in [7, 11) is 0. The molecule has 0 radical (unpaired) electrons. The van der Waals surface area contributed by atoms with Gasteiger partial charge in [0.05, 0.1) is 13.2 Å². The molecule has 136 valence electrons. The van der Waals surface area contributed by atoms with Gasteiger partial charge in [0.25, 0.3) is 0 Å². The van der Waals surface area contributed by atoms with Crippen molar-refractivity contribution in [3.05, 3.63) is 0 Å². The summed E-state index contributed by atoms with van der Waals surface area (Å²) in [4.78, 5) is 11.8. The van der Waals surface area contributed by atoms with Crippen molar-refractivity contribution >= 4 is 5.97 Å². The second kappa shape index (κ2) is 11.8. The summed E-state index contributed by atoms with van der Waals surface area (Å²) >= 11 is 0. The molecule has 1 rings (SSSR count). The lowest BCUT2D eigenvalue weighted by Gasteiger charge is -2.20. The smallest absolute Gasteiger partial charge is 0.306 e. The first-order valence-corrected chi connectivity index (χ1v) is 8.88. The number of rotatable bonds is 12. The summed E-state index contributed by atoms with van der Waals surface area (Å²) in [5.41, 5.74) is 0. The van der Waals surface area contributed by atoms with Crippen LogP contribution < -0.4 is 0 Å². The number of aliphatic hydroxyl groups excluding tert-OH is 3. The van der Waals surface area contributed by atoms with Gasteiger partial charge in [-0.15, -0.1) is 0 Å². The first-order chi connectivity index (χ1) is 11.1. The average molecular weight is 332 g/mol. The van der Waals surface area contributed by atoms with Gasteiger partial charge in [0, 0.05) is 6.42 Å². The molecule has 4 atom stereocenters. The van der Waals surface area contributed by atoms with Crippen LogP contribution in [-0.2, 0) is 14.3 Å². The number of ether oxygens (including phenoxy) is 2. The Bertz CT molecular complexity index is 322. The molecule has 0 spiro atoms. The number of unbranched alkanes of at least 4 members (excludes halogenated alkanes) is 7. The minimum atomic E-state index is -1.17. The standard InChI is InChI=1S/C17H32O6/c1-2-3-4-5-6-7-8-9-10-15(20)23-14-12-22-17(16(14)21)13(19)11-18/h13-14,16-19,21H,2-12H2,1H3/t13-,14-,16-,17-/m1/s1. The number of esters is 1. The summed E-state index contributed by atoms with van der Waals surface area (Å²) in [5, 5.41) is 28.3. The van der Waals surface area contributed by atoms with Gasteiger partial charge in [-0.2, -0.15) is 0 Å². The van der Waals surface area contributed by atoms with Gasteiger partial charge < -0.3 is 24.8 Å². The van der Waals surface area contributed by atoms with E-state index < -0.39 is 31.0 Å². The maximum Gasteiger partial charge on any atom is 0.306 e. The van der Waals surface area contributed by atoms with Crippen LogP contribution in [0.15, 0.2) is 0 Å². The molecule has 0 amide bonds. The molecule has 0 aromatic heterocycles. The predicted octanol–water partition coefficient (Wildman–Crippen LogP) is 1.54. The lowest BCUT2D eigenvalue weighted by Crippen LogP contribution is -2.41. The van der Waals surface area contributed by atoms with Gasteiger partial charge in [-0.05, 0) is 6.42 Å². The fourth-order valence-electron chi connectivity index (χ4n) is 2.79. The fraction of sp³-hybridized carbons (Fsp3) is 0.941. The Labute approximate surface area is 138 Å². The van der Waals surface area contributed by atoms with Crippen LogP contribution in [0.1, 0.15) is 64.7 Å². The average Bonchev–Trinajstić information content (AvgIpc) is 2.90. The Kier molecular flexibility index (Phi) is 10.4. The topological polar surface area (TPSA) is 96.2 Å². The Morgan fingerprint density at radius 1 is 1.17 bits per heavy atom. The number of aliphatic hydroxyl groups is 3. The highest BCUT2D eigenvalue weighted by Gasteiger charge is 2.42. The van der Waals surface area contributed by atoms with Crippen molar-refractivity contribution in [3.63, 3.8) is 0 Å². The largest absolute Gasteiger partial charge is 0.457 e. The van der Waals surface area contributed by atoms with Gasteiger partial charge in [0.1, 0.15) is 18.3 Å². The van der Waals surface area contributed by atoms with Crippen molar-refractivity contribution in [2.45, 2.75) is 89.1 Å². The maximum atomic E-state index is 11.8. The van der Waals surface area contributed by atoms with E-state index in [-0.39, 0.29) is 12.6 Å². The lowest BCUT2D eigenvalue weighted by atomic mass is 10.1. The Balaban J connectivity index is 2.08. The molecule has 1 heterocycles. The van der Waals surface area contributed by atoms with Gasteiger partial charge in [0.2, 0.25) is 0 Å². The van der Waals surface area contributed by atoms with E-state index in [1.54, 1.807) is 0 Å². The normalized spacial score (nSPS) is 25.5. The van der Waals surface area contributed by atoms with E-state index >= 15 is 0 Å². The Morgan fingerprint density at radius 2 is 1.78 bits per heavy atom. The Hall–Kier alpha value is -0.690. The van der Waals surface area contributed by atoms with Crippen LogP contribution >= 0.6 is 0 Å². The molecule has 0 aromatic carbocycles. The summed E-state index contributed by atoms with van der Waals surface area (Å²) in [6, 6.07) is 0. The predicted molar refractivity (Wildman–Crippen MR) is 85.9 cm³/mol. The van der Waals surface area contributed by atoms with Gasteiger partial charge in [-0.1, -0.05) is 51.9 Å². The number of carbonyl (C=O) groups is 1. The molecular weight excluding hydrogens is 300 g/mol. The van der Waals surface area contributed by atoms with Crippen molar-refractivity contribution in [1.29, 1.82) is 0 Å². The van der Waals surface area contributed by atoms with Crippen LogP contribution in [0, 0.1) is 0 Å². The minimum Gasteiger partial charge on any atom is -0.457 e. The molecule has 1 fully saturated rings. The summed E-state index contributed by atoms with van der Waals surface area (Å²) in [6.45, 7) is 1.75. The molecule has 0 bridgehead atoms. The van der Waals surface area contributed by atoms with E-state index in [1.165, 1.54) is 32.1 Å². The fourth-order valence-corrected chi connectivity index (χ4v) is 2.79. The van der Waals surface area contributed by atoms with Gasteiger partial charge in [-0.3, -0.25) is 4.79 Å². The third kappa shape index (κ3) is 7.61. The molecule has 23 heavy (non-hydrogen) atoms. The van der Waals surface area contributed by atoms with Crippen LogP contribution in [0.4, 0.5) is 0 Å². The van der Waals surface area contributed by atoms with Crippen LogP contribution in [0.25, 0.3) is 0 Å². The molecule has 3 N–H and O–H groups in total. The summed E-state index contributed by atoms with van der Waals surface area (Å²) < 4.78 is 10.4. The quantitative estimate of drug-likeness (QED) is 0.371. The van der Waals surface area contributed by atoms with E-state index in [1.807, 2.05) is 0 Å². The van der Waals surface area contributed by atoms with E-state index in [9.17, 15) is 15.0 Å². The SMILES string of the molecule is CCCCCCCCCCC(=O)O[C@@H]1CO[C@H]([C@H](O)CO)[C@@H]1O. The zero-order valence-electron chi connectivity index (χ0n) is 14.2. The van der Waals surface area contributed by atoms with Crippen molar-refractivity contribution in [2.75, 3.05) is 13.2 Å². The maximum absolute atomic E-state index is 11.8. The number of hydrogen-bond acceptors (Lipinski definition) is 6. The van der Waals surface area contributed by atoms with Gasteiger partial charge in [0.15, 0.2) is 6.10 Å². The summed E-state index contributed by atoms with van der Waals surface area (Å²) in [5.74, 6) is -0.345. The first kappa shape index (κ1) is 20.4. The van der Waals surface area contributed by atoms with Crippen LogP contribution in [-0.4, -0.2) is 58.9 Å². The van der Waals surface area contributed by atoms with Crippen molar-refractivity contribution in [3.8, 4) is 0 Å². The zero-order valence-corrected chi connectivity index (χ0v) is 14.2. The molecule has 6 heteroatoms. The molecule has 0 unspecified atom stereocenters. The molecule has 1 aliphatic heterocycles. The molecule has 0 saturated carbocycles. The van der Waals surface area contributed by atoms with Crippen LogP contribution in [0.2, 0.25) is 0 Å². The minimum absolute atomic E-state index is 0.0477. The molecule has 1 aliphatic rings. The molecule has 0 aromatic rings. The van der Waals surface area contributed by atoms with E-state index in [0.717, 1.165) is 19.3 Å². The second-order valence-electron chi connectivity index (χ2n) is 6.29. The summed E-state index contributed by atoms with van der Waals surface area (Å²) in [6.07, 6.45) is 5.66. The highest BCUT2D eigenvalue weighted by Crippen LogP contribution is 2.21. The second-order valence-corrected chi connectivity index (χ2v) is 6.29. The monoisotopic (exact) mass is 332 g/mol. The zero-order chi connectivity index (χ0) is 17.1. The molecule has 6 nitrogen and oxygen atoms in total. The third-order valence-corrected chi connectivity index (χ3v) is 4.25. The van der Waals surface area contributed by atoms with Gasteiger partial charge in [-0.25, -0.2) is 0 Å². The van der Waals surface area contributed by atoms with Crippen molar-refractivity contribution < 1.29 is 29.6 Å². The number of carbonyl (C=O) groups excluding carboxylic acids is 1. The number of hydrogen-bond donors (Lipinski definition) is 3. The highest BCUT2D eigenvalue weighted by atomic mass is 16.6. The molecule has 1 saturated heterocycles. The Morgan fingerprint density at radius 3 is 2.39 bits per heavy atom. The molecule has 0 aliphatic carbocycles. The van der Waals surface area contributed by atoms with E-state index in [0.29, 0.717) is 6.42 Å². The van der Waals surface area contributed by atoms with Crippen LogP contribution in [0.3, 0.4) is 0 Å². The van der Waals surface area contributed by atoms with Crippen molar-refractivity contribution in [1.82, 2.24) is 0 Å².